The molecule has 7 nitrogen and oxygen atoms in total. The molecule has 7 heteroatoms. The number of hydrogen-bond donors (Lipinski definition) is 1. The van der Waals surface area contributed by atoms with Gasteiger partial charge < -0.3 is 9.73 Å². The van der Waals surface area contributed by atoms with Crippen molar-refractivity contribution >= 4 is 16.7 Å². The number of likely N-dealkylation sites (tertiary alicyclic amines) is 1. The van der Waals surface area contributed by atoms with Crippen molar-refractivity contribution in [2.45, 2.75) is 45.2 Å². The molecule has 4 rings (SSSR count). The smallest absolute Gasteiger partial charge is 0.274 e. The third kappa shape index (κ3) is 4.03. The van der Waals surface area contributed by atoms with Gasteiger partial charge in [0.25, 0.3) is 11.5 Å². The maximum absolute atomic E-state index is 13.2. The Morgan fingerprint density at radius 3 is 2.50 bits per heavy atom. The zero-order valence-corrected chi connectivity index (χ0v) is 17.5. The molecule has 1 atom stereocenters. The van der Waals surface area contributed by atoms with Gasteiger partial charge in [0.1, 0.15) is 5.76 Å². The molecule has 1 unspecified atom stereocenters. The molecule has 0 saturated carbocycles. The fourth-order valence-corrected chi connectivity index (χ4v) is 4.12. The largest absolute Gasteiger partial charge is 0.468 e. The average Bonchev–Trinajstić information content (AvgIpc) is 3.29. The van der Waals surface area contributed by atoms with E-state index < -0.39 is 0 Å². The van der Waals surface area contributed by atoms with E-state index in [-0.39, 0.29) is 29.2 Å². The first-order valence-corrected chi connectivity index (χ1v) is 10.6. The molecule has 1 aliphatic rings. The normalized spacial score (nSPS) is 16.1. The second-order valence-electron chi connectivity index (χ2n) is 8.08. The van der Waals surface area contributed by atoms with E-state index in [9.17, 15) is 9.59 Å². The number of furan rings is 1. The molecule has 0 radical (unpaired) electrons. The topological polar surface area (TPSA) is 80.4 Å². The summed E-state index contributed by atoms with van der Waals surface area (Å²) >= 11 is 0. The Morgan fingerprint density at radius 2 is 1.83 bits per heavy atom. The van der Waals surface area contributed by atoms with Crippen LogP contribution in [0.15, 0.2) is 51.9 Å². The number of rotatable bonds is 6. The van der Waals surface area contributed by atoms with Crippen molar-refractivity contribution in [1.29, 1.82) is 0 Å². The zero-order valence-electron chi connectivity index (χ0n) is 17.5. The lowest BCUT2D eigenvalue weighted by atomic mass is 10.1. The highest BCUT2D eigenvalue weighted by Gasteiger charge is 2.26. The van der Waals surface area contributed by atoms with Crippen LogP contribution in [0.25, 0.3) is 10.8 Å². The molecule has 0 bridgehead atoms. The van der Waals surface area contributed by atoms with Crippen LogP contribution in [-0.4, -0.2) is 40.2 Å². The molecule has 1 N–H and O–H groups in total. The molecule has 1 fully saturated rings. The van der Waals surface area contributed by atoms with Crippen LogP contribution in [0.1, 0.15) is 61.4 Å². The summed E-state index contributed by atoms with van der Waals surface area (Å²) in [5, 5.41) is 8.53. The maximum atomic E-state index is 13.2. The molecule has 30 heavy (non-hydrogen) atoms. The minimum absolute atomic E-state index is 0.0217. The Bertz CT molecular complexity index is 1070. The lowest BCUT2D eigenvalue weighted by molar-refractivity contribution is 0.0908. The first-order chi connectivity index (χ1) is 14.6. The highest BCUT2D eigenvalue weighted by Crippen LogP contribution is 2.25. The summed E-state index contributed by atoms with van der Waals surface area (Å²) in [6, 6.07) is 10.8. The van der Waals surface area contributed by atoms with Crippen LogP contribution in [0, 0.1) is 0 Å². The van der Waals surface area contributed by atoms with Crippen LogP contribution in [0.2, 0.25) is 0 Å². The third-order valence-corrected chi connectivity index (χ3v) is 5.69. The number of hydrogen-bond acceptors (Lipinski definition) is 5. The van der Waals surface area contributed by atoms with Crippen molar-refractivity contribution in [3.05, 3.63) is 64.5 Å². The minimum atomic E-state index is -0.283. The summed E-state index contributed by atoms with van der Waals surface area (Å²) in [5.74, 6) is 0.566. The first kappa shape index (κ1) is 20.3. The molecule has 2 aromatic heterocycles. The SMILES string of the molecule is CC(C)n1nc(C(=O)NCC(c2ccco2)N2CCCCC2)c2ccccc2c1=O. The number of nitrogens with zero attached hydrogens (tertiary/aromatic N) is 3. The van der Waals surface area contributed by atoms with E-state index in [4.69, 9.17) is 4.42 Å². The summed E-state index contributed by atoms with van der Waals surface area (Å²) in [6.07, 6.45) is 5.20. The quantitative estimate of drug-likeness (QED) is 0.675. The molecule has 1 saturated heterocycles. The standard InChI is InChI=1S/C23H28N4O3/c1-16(2)27-23(29)18-10-5-4-9-17(18)21(25-27)22(28)24-15-19(20-11-8-14-30-20)26-12-6-3-7-13-26/h4-5,8-11,14,16,19H,3,6-7,12-13,15H2,1-2H3,(H,24,28). The molecule has 3 heterocycles. The van der Waals surface area contributed by atoms with Gasteiger partial charge in [0.15, 0.2) is 5.69 Å². The predicted octanol–water partition coefficient (Wildman–Crippen LogP) is 3.53. The van der Waals surface area contributed by atoms with Gasteiger partial charge in [-0.2, -0.15) is 5.10 Å². The molecule has 1 aromatic carbocycles. The third-order valence-electron chi connectivity index (χ3n) is 5.69. The minimum Gasteiger partial charge on any atom is -0.468 e. The summed E-state index contributed by atoms with van der Waals surface area (Å²) in [4.78, 5) is 28.3. The van der Waals surface area contributed by atoms with Gasteiger partial charge in [-0.1, -0.05) is 24.6 Å². The van der Waals surface area contributed by atoms with E-state index in [1.807, 2.05) is 32.0 Å². The lowest BCUT2D eigenvalue weighted by Gasteiger charge is -2.33. The number of amides is 1. The Labute approximate surface area is 175 Å². The second-order valence-corrected chi connectivity index (χ2v) is 8.08. The molecule has 3 aromatic rings. The van der Waals surface area contributed by atoms with Crippen LogP contribution < -0.4 is 10.9 Å². The van der Waals surface area contributed by atoms with Gasteiger partial charge in [-0.05, 0) is 58.0 Å². The molecule has 0 spiro atoms. The van der Waals surface area contributed by atoms with Gasteiger partial charge in [0.2, 0.25) is 0 Å². The molecule has 1 aliphatic heterocycles. The number of carbonyl (C=O) groups excluding carboxylic acids is 1. The van der Waals surface area contributed by atoms with E-state index >= 15 is 0 Å². The highest BCUT2D eigenvalue weighted by molar-refractivity contribution is 6.04. The molecule has 158 valence electrons. The Morgan fingerprint density at radius 1 is 1.10 bits per heavy atom. The van der Waals surface area contributed by atoms with Crippen LogP contribution in [-0.2, 0) is 0 Å². The predicted molar refractivity (Wildman–Crippen MR) is 116 cm³/mol. The maximum Gasteiger partial charge on any atom is 0.274 e. The number of fused-ring (bicyclic) bond motifs is 1. The van der Waals surface area contributed by atoms with Crippen molar-refractivity contribution in [1.82, 2.24) is 20.0 Å². The molecule has 1 amide bonds. The number of aromatic nitrogens is 2. The van der Waals surface area contributed by atoms with Crippen molar-refractivity contribution in [2.75, 3.05) is 19.6 Å². The van der Waals surface area contributed by atoms with Gasteiger partial charge in [-0.25, -0.2) is 4.68 Å². The molecular formula is C23H28N4O3. The van der Waals surface area contributed by atoms with Gasteiger partial charge in [-0.15, -0.1) is 0 Å². The van der Waals surface area contributed by atoms with E-state index in [0.29, 0.717) is 17.3 Å². The van der Waals surface area contributed by atoms with Crippen LogP contribution in [0.5, 0.6) is 0 Å². The van der Waals surface area contributed by atoms with Gasteiger partial charge in [-0.3, -0.25) is 14.5 Å². The van der Waals surface area contributed by atoms with E-state index in [1.54, 1.807) is 24.5 Å². The van der Waals surface area contributed by atoms with Crippen molar-refractivity contribution in [3.63, 3.8) is 0 Å². The van der Waals surface area contributed by atoms with Gasteiger partial charge >= 0.3 is 0 Å². The number of carbonyl (C=O) groups is 1. The summed E-state index contributed by atoms with van der Waals surface area (Å²) < 4.78 is 7.05. The van der Waals surface area contributed by atoms with Crippen molar-refractivity contribution < 1.29 is 9.21 Å². The second kappa shape index (κ2) is 8.83. The monoisotopic (exact) mass is 408 g/mol. The van der Waals surface area contributed by atoms with Gasteiger partial charge in [0.05, 0.1) is 23.7 Å². The number of nitrogens with one attached hydrogen (secondary N) is 1. The molecular weight excluding hydrogens is 380 g/mol. The Kier molecular flexibility index (Phi) is 5.99. The van der Waals surface area contributed by atoms with Crippen LogP contribution >= 0.6 is 0 Å². The van der Waals surface area contributed by atoms with Gasteiger partial charge in [0, 0.05) is 11.9 Å². The van der Waals surface area contributed by atoms with E-state index in [1.165, 1.54) is 11.1 Å². The van der Waals surface area contributed by atoms with Crippen molar-refractivity contribution in [3.8, 4) is 0 Å². The Hall–Kier alpha value is -2.93. The van der Waals surface area contributed by atoms with Crippen molar-refractivity contribution in [2.24, 2.45) is 0 Å². The number of piperidine rings is 1. The summed E-state index contributed by atoms with van der Waals surface area (Å²) in [6.45, 7) is 6.16. The van der Waals surface area contributed by atoms with Crippen LogP contribution in [0.3, 0.4) is 0 Å². The average molecular weight is 409 g/mol. The van der Waals surface area contributed by atoms with E-state index in [0.717, 1.165) is 31.7 Å². The first-order valence-electron chi connectivity index (χ1n) is 10.6. The van der Waals surface area contributed by atoms with Crippen LogP contribution in [0.4, 0.5) is 0 Å². The lowest BCUT2D eigenvalue weighted by Crippen LogP contribution is -2.41. The molecule has 0 aliphatic carbocycles. The summed E-state index contributed by atoms with van der Waals surface area (Å²) in [7, 11) is 0. The highest BCUT2D eigenvalue weighted by atomic mass is 16.3. The van der Waals surface area contributed by atoms with E-state index in [2.05, 4.69) is 15.3 Å². The number of benzene rings is 1. The fourth-order valence-electron chi connectivity index (χ4n) is 4.12. The zero-order chi connectivity index (χ0) is 21.1. The Balaban J connectivity index is 1.62. The summed E-state index contributed by atoms with van der Waals surface area (Å²) in [5.41, 5.74) is 0.0923. The fraction of sp³-hybridized carbons (Fsp3) is 0.435.